The van der Waals surface area contributed by atoms with Crippen molar-refractivity contribution in [2.75, 3.05) is 26.2 Å². The molecular weight excluding hydrogens is 313 g/mol. The van der Waals surface area contributed by atoms with Gasteiger partial charge in [-0.1, -0.05) is 23.2 Å². The van der Waals surface area contributed by atoms with E-state index in [0.717, 1.165) is 12.1 Å². The number of benzene rings is 1. The number of piperazine rings is 2. The maximum atomic E-state index is 12.2. The molecule has 0 aromatic heterocycles. The van der Waals surface area contributed by atoms with Gasteiger partial charge in [-0.3, -0.25) is 9.59 Å². The van der Waals surface area contributed by atoms with Gasteiger partial charge in [0.15, 0.2) is 0 Å². The first-order valence-corrected chi connectivity index (χ1v) is 7.56. The Balaban J connectivity index is 1.80. The molecule has 1 aromatic carbocycles. The van der Waals surface area contributed by atoms with Crippen molar-refractivity contribution in [1.82, 2.24) is 15.1 Å². The third kappa shape index (κ3) is 2.86. The molecule has 2 fully saturated rings. The Labute approximate surface area is 132 Å². The van der Waals surface area contributed by atoms with Crippen molar-refractivity contribution in [2.24, 2.45) is 0 Å². The predicted octanol–water partition coefficient (Wildman–Crippen LogP) is 1.14. The molecule has 3 rings (SSSR count). The van der Waals surface area contributed by atoms with E-state index in [2.05, 4.69) is 5.32 Å². The van der Waals surface area contributed by atoms with Crippen LogP contribution in [0.2, 0.25) is 10.0 Å². The van der Waals surface area contributed by atoms with Crippen LogP contribution >= 0.6 is 23.2 Å². The summed E-state index contributed by atoms with van der Waals surface area (Å²) in [7, 11) is 0. The Bertz CT molecular complexity index is 594. The summed E-state index contributed by atoms with van der Waals surface area (Å²) in [6.45, 7) is 2.84. The van der Waals surface area contributed by atoms with Crippen LogP contribution in [0.1, 0.15) is 5.56 Å². The van der Waals surface area contributed by atoms with E-state index >= 15 is 0 Å². The second-order valence-electron chi connectivity index (χ2n) is 5.28. The van der Waals surface area contributed by atoms with E-state index in [-0.39, 0.29) is 6.04 Å². The van der Waals surface area contributed by atoms with Crippen LogP contribution in [-0.2, 0) is 16.1 Å². The second-order valence-corrected chi connectivity index (χ2v) is 6.12. The van der Waals surface area contributed by atoms with Crippen LogP contribution in [0.4, 0.5) is 0 Å². The van der Waals surface area contributed by atoms with Gasteiger partial charge in [-0.05, 0) is 23.8 Å². The molecule has 0 bridgehead atoms. The maximum Gasteiger partial charge on any atom is 0.312 e. The lowest BCUT2D eigenvalue weighted by molar-refractivity contribution is -0.160. The van der Waals surface area contributed by atoms with Crippen molar-refractivity contribution in [1.29, 1.82) is 0 Å². The monoisotopic (exact) mass is 327 g/mol. The van der Waals surface area contributed by atoms with Gasteiger partial charge >= 0.3 is 11.8 Å². The zero-order chi connectivity index (χ0) is 15.0. The van der Waals surface area contributed by atoms with E-state index < -0.39 is 11.8 Å². The number of carbonyl (C=O) groups excluding carboxylic acids is 2. The molecule has 0 aliphatic carbocycles. The van der Waals surface area contributed by atoms with E-state index in [9.17, 15) is 9.59 Å². The van der Waals surface area contributed by atoms with E-state index in [1.807, 2.05) is 0 Å². The number of carbonyl (C=O) groups is 2. The summed E-state index contributed by atoms with van der Waals surface area (Å²) in [4.78, 5) is 27.6. The Morgan fingerprint density at radius 3 is 2.86 bits per heavy atom. The number of nitrogens with one attached hydrogen (secondary N) is 1. The maximum absolute atomic E-state index is 12.2. The van der Waals surface area contributed by atoms with E-state index in [0.29, 0.717) is 36.2 Å². The van der Waals surface area contributed by atoms with Crippen molar-refractivity contribution < 1.29 is 9.59 Å². The van der Waals surface area contributed by atoms with Gasteiger partial charge in [0, 0.05) is 42.8 Å². The molecule has 0 spiro atoms. The number of fused-ring (bicyclic) bond motifs is 1. The summed E-state index contributed by atoms with van der Waals surface area (Å²) in [5.41, 5.74) is 0.752. The zero-order valence-electron chi connectivity index (χ0n) is 11.3. The summed E-state index contributed by atoms with van der Waals surface area (Å²) in [5, 5.41) is 4.35. The third-order valence-corrected chi connectivity index (χ3v) is 4.49. The van der Waals surface area contributed by atoms with Crippen molar-refractivity contribution >= 4 is 35.0 Å². The highest BCUT2D eigenvalue weighted by atomic mass is 35.5. The molecule has 7 heteroatoms. The lowest BCUT2D eigenvalue weighted by atomic mass is 10.1. The number of halogens is 2. The molecule has 2 aliphatic rings. The van der Waals surface area contributed by atoms with E-state index in [4.69, 9.17) is 23.2 Å². The fourth-order valence-electron chi connectivity index (χ4n) is 2.79. The van der Waals surface area contributed by atoms with Gasteiger partial charge in [-0.2, -0.15) is 0 Å². The molecule has 1 unspecified atom stereocenters. The number of rotatable bonds is 2. The largest absolute Gasteiger partial charge is 0.328 e. The van der Waals surface area contributed by atoms with E-state index in [1.54, 1.807) is 28.0 Å². The molecule has 21 heavy (non-hydrogen) atoms. The summed E-state index contributed by atoms with van der Waals surface area (Å²) in [5.74, 6) is -0.893. The lowest BCUT2D eigenvalue weighted by Crippen LogP contribution is -2.65. The quantitative estimate of drug-likeness (QED) is 0.829. The van der Waals surface area contributed by atoms with Crippen molar-refractivity contribution in [3.63, 3.8) is 0 Å². The topological polar surface area (TPSA) is 52.7 Å². The molecule has 1 aromatic rings. The number of amides is 2. The van der Waals surface area contributed by atoms with Crippen LogP contribution in [0.25, 0.3) is 0 Å². The molecule has 5 nitrogen and oxygen atoms in total. The fraction of sp³-hybridized carbons (Fsp3) is 0.429. The van der Waals surface area contributed by atoms with Crippen LogP contribution in [0, 0.1) is 0 Å². The van der Waals surface area contributed by atoms with Gasteiger partial charge in [0.1, 0.15) is 0 Å². The highest BCUT2D eigenvalue weighted by Gasteiger charge is 2.39. The van der Waals surface area contributed by atoms with Crippen LogP contribution in [0.15, 0.2) is 18.2 Å². The Hall–Kier alpha value is -1.30. The average molecular weight is 328 g/mol. The van der Waals surface area contributed by atoms with Gasteiger partial charge in [0.25, 0.3) is 0 Å². The first-order valence-electron chi connectivity index (χ1n) is 6.81. The van der Waals surface area contributed by atoms with Crippen LogP contribution < -0.4 is 5.32 Å². The van der Waals surface area contributed by atoms with Crippen molar-refractivity contribution in [3.05, 3.63) is 33.8 Å². The first-order chi connectivity index (χ1) is 10.1. The molecule has 1 N–H and O–H groups in total. The van der Waals surface area contributed by atoms with Crippen LogP contribution in [0.5, 0.6) is 0 Å². The minimum atomic E-state index is -0.468. The molecule has 2 heterocycles. The summed E-state index contributed by atoms with van der Waals surface area (Å²) in [6, 6.07) is 5.15. The molecule has 2 amide bonds. The second kappa shape index (κ2) is 5.83. The van der Waals surface area contributed by atoms with Crippen molar-refractivity contribution in [3.8, 4) is 0 Å². The molecular formula is C14H15Cl2N3O2. The van der Waals surface area contributed by atoms with Crippen LogP contribution in [-0.4, -0.2) is 53.8 Å². The molecule has 2 saturated heterocycles. The highest BCUT2D eigenvalue weighted by Crippen LogP contribution is 2.24. The average Bonchev–Trinajstić information content (AvgIpc) is 2.48. The fourth-order valence-corrected chi connectivity index (χ4v) is 3.17. The number of nitrogens with zero attached hydrogens (tertiary/aromatic N) is 2. The van der Waals surface area contributed by atoms with Crippen molar-refractivity contribution in [2.45, 2.75) is 12.6 Å². The molecule has 2 aliphatic heterocycles. The summed E-state index contributed by atoms with van der Waals surface area (Å²) >= 11 is 12.1. The van der Waals surface area contributed by atoms with Gasteiger partial charge in [-0.15, -0.1) is 0 Å². The standard InChI is InChI=1S/C14H15Cl2N3O2/c15-10-1-2-12(16)9(5-10)7-18-8-11-6-17-3-4-19(11)14(21)13(18)20/h1-2,5,11,17H,3-4,6-8H2. The smallest absolute Gasteiger partial charge is 0.312 e. The predicted molar refractivity (Wildman–Crippen MR) is 80.2 cm³/mol. The summed E-state index contributed by atoms with van der Waals surface area (Å²) in [6.07, 6.45) is 0. The van der Waals surface area contributed by atoms with Gasteiger partial charge in [-0.25, -0.2) is 0 Å². The Kier molecular flexibility index (Phi) is 4.06. The Morgan fingerprint density at radius 1 is 1.24 bits per heavy atom. The highest BCUT2D eigenvalue weighted by molar-refractivity contribution is 6.36. The number of hydrogen-bond acceptors (Lipinski definition) is 3. The number of hydrogen-bond donors (Lipinski definition) is 1. The molecule has 1 atom stereocenters. The zero-order valence-corrected chi connectivity index (χ0v) is 12.8. The van der Waals surface area contributed by atoms with Gasteiger partial charge in [0.05, 0.1) is 6.04 Å². The summed E-state index contributed by atoms with van der Waals surface area (Å²) < 4.78 is 0. The van der Waals surface area contributed by atoms with Gasteiger partial charge < -0.3 is 15.1 Å². The minimum Gasteiger partial charge on any atom is -0.328 e. The molecule has 0 saturated carbocycles. The SMILES string of the molecule is O=C1C(=O)N2CCNCC2CN1Cc1cc(Cl)ccc1Cl. The minimum absolute atomic E-state index is 0.0295. The van der Waals surface area contributed by atoms with Crippen LogP contribution in [0.3, 0.4) is 0 Å². The first kappa shape index (κ1) is 14.6. The lowest BCUT2D eigenvalue weighted by Gasteiger charge is -2.43. The van der Waals surface area contributed by atoms with E-state index in [1.165, 1.54) is 0 Å². The molecule has 112 valence electrons. The molecule has 0 radical (unpaired) electrons. The van der Waals surface area contributed by atoms with Gasteiger partial charge in [0.2, 0.25) is 0 Å². The third-order valence-electron chi connectivity index (χ3n) is 3.88. The Morgan fingerprint density at radius 2 is 2.05 bits per heavy atom. The normalized spacial score (nSPS) is 22.5.